The van der Waals surface area contributed by atoms with Gasteiger partial charge in [0.25, 0.3) is 0 Å². The Morgan fingerprint density at radius 1 is 1.50 bits per heavy atom. The molecule has 16 heavy (non-hydrogen) atoms. The molecule has 0 saturated carbocycles. The zero-order valence-corrected chi connectivity index (χ0v) is 11.0. The first-order valence-electron chi connectivity index (χ1n) is 4.83. The lowest BCUT2D eigenvalue weighted by molar-refractivity contribution is 0.435. The summed E-state index contributed by atoms with van der Waals surface area (Å²) in [7, 11) is 0. The van der Waals surface area contributed by atoms with Gasteiger partial charge in [-0.1, -0.05) is 39.6 Å². The number of benzene rings is 1. The summed E-state index contributed by atoms with van der Waals surface area (Å²) >= 11 is 9.50. The Hall–Kier alpha value is -1.000. The lowest BCUT2D eigenvalue weighted by atomic mass is 10.1. The molecular weight excluding hydrogens is 291 g/mol. The van der Waals surface area contributed by atoms with E-state index in [2.05, 4.69) is 21.1 Å². The second-order valence-corrected chi connectivity index (χ2v) is 4.68. The molecule has 1 heterocycles. The minimum atomic E-state index is 0.427. The number of nitrogens with two attached hydrogens (primary N) is 1. The molecule has 3 nitrogen and oxygen atoms in total. The fraction of sp³-hybridized carbons (Fsp3) is 0.182. The standard InChI is InChI=1S/C11H10BrClN2O/c1-2-7-10(16-15-11(7)14)8-4-3-6(12)5-9(8)13/h3-5H,2H2,1H3,(H2,14,15). The molecule has 0 aliphatic rings. The number of hydrogen-bond donors (Lipinski definition) is 1. The molecule has 0 unspecified atom stereocenters. The van der Waals surface area contributed by atoms with E-state index in [4.69, 9.17) is 21.9 Å². The zero-order chi connectivity index (χ0) is 11.7. The van der Waals surface area contributed by atoms with Crippen LogP contribution in [0.2, 0.25) is 5.02 Å². The first-order valence-corrected chi connectivity index (χ1v) is 6.00. The SMILES string of the molecule is CCc1c(N)noc1-c1ccc(Br)cc1Cl. The van der Waals surface area contributed by atoms with Gasteiger partial charge in [0.1, 0.15) is 0 Å². The molecule has 1 aromatic heterocycles. The fourth-order valence-corrected chi connectivity index (χ4v) is 2.31. The van der Waals surface area contributed by atoms with Crippen LogP contribution in [0.1, 0.15) is 12.5 Å². The summed E-state index contributed by atoms with van der Waals surface area (Å²) < 4.78 is 6.14. The van der Waals surface area contributed by atoms with Crippen molar-refractivity contribution >= 4 is 33.3 Å². The molecule has 0 bridgehead atoms. The molecular formula is C11H10BrClN2O. The molecule has 84 valence electrons. The number of aromatic nitrogens is 1. The second kappa shape index (κ2) is 4.47. The van der Waals surface area contributed by atoms with Crippen LogP contribution in [0.15, 0.2) is 27.2 Å². The molecule has 0 spiro atoms. The molecule has 0 amide bonds. The van der Waals surface area contributed by atoms with Crippen molar-refractivity contribution in [3.05, 3.63) is 33.3 Å². The highest BCUT2D eigenvalue weighted by atomic mass is 79.9. The van der Waals surface area contributed by atoms with Crippen molar-refractivity contribution < 1.29 is 4.52 Å². The van der Waals surface area contributed by atoms with Gasteiger partial charge in [0.2, 0.25) is 0 Å². The van der Waals surface area contributed by atoms with Crippen LogP contribution in [0.3, 0.4) is 0 Å². The number of hydrogen-bond acceptors (Lipinski definition) is 3. The number of halogens is 2. The summed E-state index contributed by atoms with van der Waals surface area (Å²) in [4.78, 5) is 0. The Balaban J connectivity index is 2.58. The fourth-order valence-electron chi connectivity index (χ4n) is 1.55. The van der Waals surface area contributed by atoms with Crippen LogP contribution < -0.4 is 5.73 Å². The summed E-state index contributed by atoms with van der Waals surface area (Å²) in [5, 5.41) is 4.37. The lowest BCUT2D eigenvalue weighted by Gasteiger charge is -2.02. The third kappa shape index (κ3) is 1.95. The molecule has 1 aromatic carbocycles. The lowest BCUT2D eigenvalue weighted by Crippen LogP contribution is -1.91. The van der Waals surface area contributed by atoms with E-state index >= 15 is 0 Å². The van der Waals surface area contributed by atoms with E-state index in [1.54, 1.807) is 0 Å². The van der Waals surface area contributed by atoms with Crippen LogP contribution in [-0.4, -0.2) is 5.16 Å². The number of anilines is 1. The van der Waals surface area contributed by atoms with Crippen molar-refractivity contribution in [1.29, 1.82) is 0 Å². The Morgan fingerprint density at radius 2 is 2.25 bits per heavy atom. The van der Waals surface area contributed by atoms with Crippen molar-refractivity contribution in [2.45, 2.75) is 13.3 Å². The van der Waals surface area contributed by atoms with Crippen LogP contribution in [0.5, 0.6) is 0 Å². The van der Waals surface area contributed by atoms with Crippen LogP contribution >= 0.6 is 27.5 Å². The maximum Gasteiger partial charge on any atom is 0.173 e. The third-order valence-corrected chi connectivity index (χ3v) is 3.15. The Bertz CT molecular complexity index is 525. The topological polar surface area (TPSA) is 52.0 Å². The van der Waals surface area contributed by atoms with E-state index < -0.39 is 0 Å². The Labute approximate surface area is 107 Å². The van der Waals surface area contributed by atoms with Gasteiger partial charge in [-0.25, -0.2) is 0 Å². The summed E-state index contributed by atoms with van der Waals surface area (Å²) in [6, 6.07) is 5.60. The van der Waals surface area contributed by atoms with Crippen molar-refractivity contribution in [1.82, 2.24) is 5.16 Å². The molecule has 2 N–H and O–H groups in total. The quantitative estimate of drug-likeness (QED) is 0.915. The highest BCUT2D eigenvalue weighted by Crippen LogP contribution is 2.34. The maximum atomic E-state index is 6.14. The average molecular weight is 302 g/mol. The van der Waals surface area contributed by atoms with Crippen LogP contribution in [-0.2, 0) is 6.42 Å². The molecule has 0 aliphatic heterocycles. The molecule has 0 radical (unpaired) electrons. The van der Waals surface area contributed by atoms with Gasteiger partial charge < -0.3 is 10.3 Å². The molecule has 0 atom stereocenters. The normalized spacial score (nSPS) is 10.7. The summed E-state index contributed by atoms with van der Waals surface area (Å²) in [6.07, 6.45) is 0.761. The van der Waals surface area contributed by atoms with Gasteiger partial charge in [-0.05, 0) is 24.6 Å². The van der Waals surface area contributed by atoms with Gasteiger partial charge in [-0.2, -0.15) is 0 Å². The molecule has 0 fully saturated rings. The van der Waals surface area contributed by atoms with Gasteiger partial charge >= 0.3 is 0 Å². The highest BCUT2D eigenvalue weighted by Gasteiger charge is 2.16. The van der Waals surface area contributed by atoms with Gasteiger partial charge in [-0.3, -0.25) is 0 Å². The third-order valence-electron chi connectivity index (χ3n) is 2.35. The van der Waals surface area contributed by atoms with Crippen LogP contribution in [0, 0.1) is 0 Å². The number of nitrogen functional groups attached to an aromatic ring is 1. The average Bonchev–Trinajstić information content (AvgIpc) is 2.59. The largest absolute Gasteiger partial charge is 0.381 e. The predicted octanol–water partition coefficient (Wildman–Crippen LogP) is 3.90. The van der Waals surface area contributed by atoms with E-state index in [0.717, 1.165) is 22.0 Å². The van der Waals surface area contributed by atoms with Crippen molar-refractivity contribution in [2.24, 2.45) is 0 Å². The molecule has 0 aliphatic carbocycles. The Kier molecular flexibility index (Phi) is 3.21. The van der Waals surface area contributed by atoms with Crippen LogP contribution in [0.4, 0.5) is 5.82 Å². The maximum absolute atomic E-state index is 6.14. The zero-order valence-electron chi connectivity index (χ0n) is 8.63. The monoisotopic (exact) mass is 300 g/mol. The highest BCUT2D eigenvalue weighted by molar-refractivity contribution is 9.10. The van der Waals surface area contributed by atoms with E-state index in [9.17, 15) is 0 Å². The molecule has 2 rings (SSSR count). The Morgan fingerprint density at radius 3 is 2.88 bits per heavy atom. The summed E-state index contributed by atoms with van der Waals surface area (Å²) in [5.74, 6) is 1.08. The smallest absolute Gasteiger partial charge is 0.173 e. The minimum Gasteiger partial charge on any atom is -0.381 e. The van der Waals surface area contributed by atoms with Gasteiger partial charge in [-0.15, -0.1) is 0 Å². The van der Waals surface area contributed by atoms with E-state index in [1.165, 1.54) is 0 Å². The number of rotatable bonds is 2. The van der Waals surface area contributed by atoms with Crippen molar-refractivity contribution in [3.8, 4) is 11.3 Å². The molecule has 5 heteroatoms. The summed E-state index contributed by atoms with van der Waals surface area (Å²) in [5.41, 5.74) is 7.42. The van der Waals surface area contributed by atoms with Crippen molar-refractivity contribution in [2.75, 3.05) is 5.73 Å². The van der Waals surface area contributed by atoms with Gasteiger partial charge in [0.15, 0.2) is 11.6 Å². The van der Waals surface area contributed by atoms with Crippen molar-refractivity contribution in [3.63, 3.8) is 0 Å². The van der Waals surface area contributed by atoms with Gasteiger partial charge in [0.05, 0.1) is 5.02 Å². The first-order chi connectivity index (χ1) is 7.63. The van der Waals surface area contributed by atoms with E-state index in [1.807, 2.05) is 25.1 Å². The molecule has 2 aromatic rings. The first kappa shape index (κ1) is 11.5. The number of nitrogens with zero attached hydrogens (tertiary/aromatic N) is 1. The minimum absolute atomic E-state index is 0.427. The van der Waals surface area contributed by atoms with Gasteiger partial charge in [0, 0.05) is 15.6 Å². The molecule has 0 saturated heterocycles. The predicted molar refractivity (Wildman–Crippen MR) is 68.4 cm³/mol. The summed E-state index contributed by atoms with van der Waals surface area (Å²) in [6.45, 7) is 2.00. The van der Waals surface area contributed by atoms with E-state index in [-0.39, 0.29) is 0 Å². The second-order valence-electron chi connectivity index (χ2n) is 3.35. The van der Waals surface area contributed by atoms with Crippen LogP contribution in [0.25, 0.3) is 11.3 Å². The van der Waals surface area contributed by atoms with E-state index in [0.29, 0.717) is 16.6 Å².